The van der Waals surface area contributed by atoms with Gasteiger partial charge in [-0.3, -0.25) is 0 Å². The lowest BCUT2D eigenvalue weighted by Crippen LogP contribution is -2.34. The van der Waals surface area contributed by atoms with E-state index in [4.69, 9.17) is 0 Å². The van der Waals surface area contributed by atoms with Gasteiger partial charge < -0.3 is 10.1 Å². The van der Waals surface area contributed by atoms with Crippen molar-refractivity contribution in [2.75, 3.05) is 13.1 Å². The predicted molar refractivity (Wildman–Crippen MR) is 65.2 cm³/mol. The van der Waals surface area contributed by atoms with E-state index in [0.29, 0.717) is 12.5 Å². The number of hydrogen-bond acceptors (Lipinski definition) is 3. The molecule has 0 radical (unpaired) electrons. The lowest BCUT2D eigenvalue weighted by atomic mass is 9.77. The van der Waals surface area contributed by atoms with Gasteiger partial charge in [0.15, 0.2) is 0 Å². The second-order valence-electron chi connectivity index (χ2n) is 5.19. The highest BCUT2D eigenvalue weighted by Gasteiger charge is 2.50. The molecular formula is C14H15F2NO2. The van der Waals surface area contributed by atoms with E-state index >= 15 is 0 Å². The monoisotopic (exact) mass is 267 g/mol. The molecule has 0 saturated carbocycles. The van der Waals surface area contributed by atoms with E-state index in [9.17, 15) is 13.6 Å². The summed E-state index contributed by atoms with van der Waals surface area (Å²) in [5.74, 6) is -4.27. The number of esters is 1. The van der Waals surface area contributed by atoms with Crippen molar-refractivity contribution in [3.8, 4) is 0 Å². The topological polar surface area (TPSA) is 38.3 Å². The lowest BCUT2D eigenvalue weighted by Gasteiger charge is -2.30. The van der Waals surface area contributed by atoms with E-state index in [1.54, 1.807) is 0 Å². The van der Waals surface area contributed by atoms with Crippen LogP contribution in [0.4, 0.5) is 8.78 Å². The summed E-state index contributed by atoms with van der Waals surface area (Å²) in [4.78, 5) is 10.8. The molecule has 1 aliphatic carbocycles. The third kappa shape index (κ3) is 2.34. The first-order valence-corrected chi connectivity index (χ1v) is 6.44. The highest BCUT2D eigenvalue weighted by Crippen LogP contribution is 2.34. The van der Waals surface area contributed by atoms with Gasteiger partial charge in [0, 0.05) is 19.0 Å². The fourth-order valence-corrected chi connectivity index (χ4v) is 2.73. The molecule has 1 heterocycles. The second-order valence-corrected chi connectivity index (χ2v) is 5.19. The first kappa shape index (κ1) is 12.5. The molecule has 0 aromatic heterocycles. The molecule has 1 saturated heterocycles. The molecule has 0 spiro atoms. The van der Waals surface area contributed by atoms with Crippen molar-refractivity contribution in [2.24, 2.45) is 0 Å². The molecule has 0 bridgehead atoms. The van der Waals surface area contributed by atoms with Crippen LogP contribution in [-0.2, 0) is 16.0 Å². The van der Waals surface area contributed by atoms with Crippen LogP contribution in [0.1, 0.15) is 23.5 Å². The summed E-state index contributed by atoms with van der Waals surface area (Å²) in [5, 5.41) is 3.12. The summed E-state index contributed by atoms with van der Waals surface area (Å²) in [6.07, 6.45) is -0.207. The number of ether oxygens (including phenoxy) is 1. The summed E-state index contributed by atoms with van der Waals surface area (Å²) in [7, 11) is 0. The van der Waals surface area contributed by atoms with Gasteiger partial charge in [-0.1, -0.05) is 24.3 Å². The Morgan fingerprint density at radius 1 is 1.32 bits per heavy atom. The molecule has 3 nitrogen and oxygen atoms in total. The van der Waals surface area contributed by atoms with Crippen molar-refractivity contribution in [3.05, 3.63) is 35.4 Å². The number of carbonyl (C=O) groups is 1. The Morgan fingerprint density at radius 3 is 2.79 bits per heavy atom. The minimum Gasteiger partial charge on any atom is -0.456 e. The van der Waals surface area contributed by atoms with Gasteiger partial charge in [-0.2, -0.15) is 8.78 Å². The Labute approximate surface area is 109 Å². The van der Waals surface area contributed by atoms with Gasteiger partial charge in [-0.05, 0) is 17.5 Å². The number of nitrogens with one attached hydrogen (secondary N) is 1. The number of benzene rings is 1. The molecular weight excluding hydrogens is 252 g/mol. The van der Waals surface area contributed by atoms with E-state index in [1.165, 1.54) is 11.1 Å². The normalized spacial score (nSPS) is 27.6. The van der Waals surface area contributed by atoms with E-state index in [1.807, 2.05) is 12.1 Å². The average molecular weight is 267 g/mol. The van der Waals surface area contributed by atoms with Gasteiger partial charge in [0.05, 0.1) is 6.42 Å². The third-order valence-corrected chi connectivity index (χ3v) is 3.78. The minimum atomic E-state index is -3.31. The first-order chi connectivity index (χ1) is 9.06. The number of alkyl halides is 2. The maximum absolute atomic E-state index is 12.9. The summed E-state index contributed by atoms with van der Waals surface area (Å²) in [6.45, 7) is 1.02. The molecule has 1 fully saturated rings. The molecule has 5 heteroatoms. The summed E-state index contributed by atoms with van der Waals surface area (Å²) < 4.78 is 30.5. The Morgan fingerprint density at radius 2 is 2.11 bits per heavy atom. The zero-order valence-electron chi connectivity index (χ0n) is 10.4. The van der Waals surface area contributed by atoms with Gasteiger partial charge >= 0.3 is 11.9 Å². The maximum Gasteiger partial charge on any atom is 0.377 e. The molecule has 1 aromatic carbocycles. The number of cyclic esters (lactones) is 1. The molecule has 1 aromatic rings. The third-order valence-electron chi connectivity index (χ3n) is 3.78. The quantitative estimate of drug-likeness (QED) is 0.846. The SMILES string of the molecule is O=C1OC(CNCC2Cc3ccccc32)CC1(F)F. The number of carbonyl (C=O) groups excluding carboxylic acids is 1. The molecule has 2 aliphatic rings. The first-order valence-electron chi connectivity index (χ1n) is 6.44. The van der Waals surface area contributed by atoms with Crippen LogP contribution in [0.25, 0.3) is 0 Å². The van der Waals surface area contributed by atoms with E-state index in [2.05, 4.69) is 22.2 Å². The van der Waals surface area contributed by atoms with Crippen molar-refractivity contribution < 1.29 is 18.3 Å². The van der Waals surface area contributed by atoms with Crippen LogP contribution < -0.4 is 5.32 Å². The Bertz CT molecular complexity index is 504. The van der Waals surface area contributed by atoms with Crippen LogP contribution in [0, 0.1) is 0 Å². The predicted octanol–water partition coefficient (Wildman–Crippen LogP) is 1.87. The second kappa shape index (κ2) is 4.56. The molecule has 2 unspecified atom stereocenters. The van der Waals surface area contributed by atoms with Gasteiger partial charge in [-0.25, -0.2) is 4.79 Å². The van der Waals surface area contributed by atoms with Gasteiger partial charge in [-0.15, -0.1) is 0 Å². The number of fused-ring (bicyclic) bond motifs is 1. The van der Waals surface area contributed by atoms with Crippen molar-refractivity contribution in [3.63, 3.8) is 0 Å². The molecule has 19 heavy (non-hydrogen) atoms. The summed E-state index contributed by atoms with van der Waals surface area (Å²) >= 11 is 0. The molecule has 2 atom stereocenters. The van der Waals surface area contributed by atoms with E-state index < -0.39 is 24.4 Å². The van der Waals surface area contributed by atoms with Crippen molar-refractivity contribution in [1.82, 2.24) is 5.32 Å². The van der Waals surface area contributed by atoms with Crippen molar-refractivity contribution >= 4 is 5.97 Å². The van der Waals surface area contributed by atoms with Crippen LogP contribution in [0.15, 0.2) is 24.3 Å². The summed E-state index contributed by atoms with van der Waals surface area (Å²) in [6, 6.07) is 8.22. The van der Waals surface area contributed by atoms with Crippen LogP contribution in [-0.4, -0.2) is 31.1 Å². The van der Waals surface area contributed by atoms with Gasteiger partial charge in [0.1, 0.15) is 6.10 Å². The Balaban J connectivity index is 1.45. The average Bonchev–Trinajstić information content (AvgIpc) is 2.59. The van der Waals surface area contributed by atoms with Crippen LogP contribution in [0.5, 0.6) is 0 Å². The Hall–Kier alpha value is -1.49. The highest BCUT2D eigenvalue weighted by molar-refractivity contribution is 5.79. The zero-order valence-corrected chi connectivity index (χ0v) is 10.4. The zero-order chi connectivity index (χ0) is 13.5. The number of hydrogen-bond donors (Lipinski definition) is 1. The highest BCUT2D eigenvalue weighted by atomic mass is 19.3. The van der Waals surface area contributed by atoms with E-state index in [0.717, 1.165) is 13.0 Å². The van der Waals surface area contributed by atoms with Crippen molar-refractivity contribution in [2.45, 2.75) is 30.8 Å². The van der Waals surface area contributed by atoms with Crippen molar-refractivity contribution in [1.29, 1.82) is 0 Å². The lowest BCUT2D eigenvalue weighted by molar-refractivity contribution is -0.159. The molecule has 1 N–H and O–H groups in total. The number of rotatable bonds is 4. The van der Waals surface area contributed by atoms with Gasteiger partial charge in [0.25, 0.3) is 0 Å². The van der Waals surface area contributed by atoms with Crippen LogP contribution in [0.2, 0.25) is 0 Å². The number of halogens is 2. The van der Waals surface area contributed by atoms with E-state index in [-0.39, 0.29) is 0 Å². The summed E-state index contributed by atoms with van der Waals surface area (Å²) in [5.41, 5.74) is 2.68. The standard InChI is InChI=1S/C14H15F2NO2/c15-14(16)6-11(19-13(14)18)8-17-7-10-5-9-3-1-2-4-12(9)10/h1-4,10-11,17H,5-8H2. The maximum atomic E-state index is 12.9. The molecule has 3 rings (SSSR count). The minimum absolute atomic E-state index is 0.292. The van der Waals surface area contributed by atoms with Crippen LogP contribution in [0.3, 0.4) is 0 Å². The fraction of sp³-hybridized carbons (Fsp3) is 0.500. The Kier molecular flexibility index (Phi) is 3.01. The molecule has 102 valence electrons. The molecule has 1 aliphatic heterocycles. The van der Waals surface area contributed by atoms with Gasteiger partial charge in [0.2, 0.25) is 0 Å². The largest absolute Gasteiger partial charge is 0.456 e. The van der Waals surface area contributed by atoms with Crippen LogP contribution >= 0.6 is 0 Å². The smallest absolute Gasteiger partial charge is 0.377 e. The molecule has 0 amide bonds. The fourth-order valence-electron chi connectivity index (χ4n) is 2.73.